The molecular formula is C52H55FIrN2O2-2. The summed E-state index contributed by atoms with van der Waals surface area (Å²) in [6.45, 7) is 18.5. The number of aromatic nitrogens is 2. The van der Waals surface area contributed by atoms with Crippen molar-refractivity contribution in [2.24, 2.45) is 11.8 Å². The topological polar surface area (TPSA) is 63.1 Å². The monoisotopic (exact) mass is 951 g/mol. The van der Waals surface area contributed by atoms with Crippen LogP contribution in [-0.2, 0) is 24.9 Å². The molecule has 0 unspecified atom stereocenters. The Balaban J connectivity index is 0.000000196. The zero-order valence-corrected chi connectivity index (χ0v) is 37.7. The SMILES string of the molecule is CCC(CC)C(=O)/C=C(\O)C(CC)CC.Cc1[c-]c(-c2ncc(C)c3ccccc23)cc(C)c1.Cc1[c-]c(-c2nccc3c2ccc2c(F)cccc23)cc(C)c1.[Ir]. The van der Waals surface area contributed by atoms with Crippen LogP contribution in [0.2, 0.25) is 0 Å². The van der Waals surface area contributed by atoms with Crippen molar-refractivity contribution in [2.45, 2.75) is 88.0 Å². The Morgan fingerprint density at radius 3 is 1.71 bits per heavy atom. The molecule has 0 aliphatic heterocycles. The van der Waals surface area contributed by atoms with E-state index in [0.29, 0.717) is 5.39 Å². The van der Waals surface area contributed by atoms with Crippen LogP contribution < -0.4 is 0 Å². The molecule has 0 aliphatic rings. The average molecular weight is 951 g/mol. The van der Waals surface area contributed by atoms with E-state index in [0.717, 1.165) is 75.5 Å². The van der Waals surface area contributed by atoms with Crippen LogP contribution >= 0.6 is 0 Å². The summed E-state index contributed by atoms with van der Waals surface area (Å²) in [6, 6.07) is 34.6. The first-order valence-electron chi connectivity index (χ1n) is 20.1. The maximum atomic E-state index is 14.0. The van der Waals surface area contributed by atoms with Crippen molar-refractivity contribution in [2.75, 3.05) is 0 Å². The third kappa shape index (κ3) is 10.9. The first kappa shape index (κ1) is 45.7. The summed E-state index contributed by atoms with van der Waals surface area (Å²) in [6.07, 6.45) is 8.64. The molecule has 5 aromatic carbocycles. The molecule has 0 amide bonds. The Labute approximate surface area is 358 Å². The first-order valence-corrected chi connectivity index (χ1v) is 20.1. The van der Waals surface area contributed by atoms with Crippen molar-refractivity contribution in [1.29, 1.82) is 0 Å². The number of carbonyl (C=O) groups is 1. The van der Waals surface area contributed by atoms with Gasteiger partial charge < -0.3 is 15.1 Å². The van der Waals surface area contributed by atoms with Gasteiger partial charge in [-0.25, -0.2) is 4.39 Å². The molecular weight excluding hydrogens is 896 g/mol. The van der Waals surface area contributed by atoms with Crippen LogP contribution in [0.15, 0.2) is 109 Å². The molecule has 0 fully saturated rings. The molecule has 1 radical (unpaired) electrons. The van der Waals surface area contributed by atoms with Crippen molar-refractivity contribution in [3.63, 3.8) is 0 Å². The maximum absolute atomic E-state index is 14.0. The van der Waals surface area contributed by atoms with Crippen LogP contribution in [0.5, 0.6) is 0 Å². The van der Waals surface area contributed by atoms with Gasteiger partial charge in [0.1, 0.15) is 5.82 Å². The Morgan fingerprint density at radius 2 is 1.14 bits per heavy atom. The summed E-state index contributed by atoms with van der Waals surface area (Å²) in [7, 11) is 0. The first-order chi connectivity index (χ1) is 27.4. The van der Waals surface area contributed by atoms with E-state index in [2.05, 4.69) is 98.3 Å². The van der Waals surface area contributed by atoms with Crippen LogP contribution in [0.25, 0.3) is 54.8 Å². The predicted octanol–water partition coefficient (Wildman–Crippen LogP) is 14.1. The van der Waals surface area contributed by atoms with Crippen LogP contribution in [0, 0.1) is 64.4 Å². The van der Waals surface area contributed by atoms with E-state index in [1.807, 2.05) is 65.1 Å². The molecule has 0 spiro atoms. The number of fused-ring (bicyclic) bond motifs is 4. The predicted molar refractivity (Wildman–Crippen MR) is 237 cm³/mol. The zero-order chi connectivity index (χ0) is 41.2. The quantitative estimate of drug-likeness (QED) is 0.0678. The molecule has 1 N–H and O–H groups in total. The zero-order valence-electron chi connectivity index (χ0n) is 35.3. The minimum absolute atomic E-state index is 0. The number of aliphatic hydroxyl groups is 1. The Hall–Kier alpha value is -5.03. The standard InChI is InChI=1S/C21H15FN.C18H16N.C13H24O2.Ir/c1-13-10-14(2)12-15(11-13)21-19-7-6-18-16(4-3-5-20(18)22)17(19)8-9-23-21;1-12-8-13(2)10-15(9-12)18-17-7-5-4-6-16(17)14(3)11-19-18;1-5-10(6-2)12(14)9-13(15)11(7-3)8-4;/h3-11H,1-2H3;4-9,11H,1-3H3;9-11,14H,5-8H2,1-4H3;/q2*-1;;/b;;12-9-;. The van der Waals surface area contributed by atoms with Gasteiger partial charge in [0.05, 0.1) is 5.76 Å². The number of hydrogen-bond donors (Lipinski definition) is 1. The molecule has 2 aromatic heterocycles. The molecule has 0 bridgehead atoms. The van der Waals surface area contributed by atoms with Gasteiger partial charge in [-0.2, -0.15) is 0 Å². The Bertz CT molecular complexity index is 2490. The molecule has 0 saturated carbocycles. The van der Waals surface area contributed by atoms with Gasteiger partial charge in [0.25, 0.3) is 0 Å². The number of aryl methyl sites for hydroxylation is 5. The van der Waals surface area contributed by atoms with E-state index in [4.69, 9.17) is 0 Å². The fourth-order valence-electron chi connectivity index (χ4n) is 7.57. The van der Waals surface area contributed by atoms with E-state index in [9.17, 15) is 14.3 Å². The van der Waals surface area contributed by atoms with Gasteiger partial charge in [0.15, 0.2) is 5.78 Å². The molecule has 2 heterocycles. The van der Waals surface area contributed by atoms with E-state index in [1.165, 1.54) is 39.6 Å². The maximum Gasteiger partial charge on any atom is 0.162 e. The summed E-state index contributed by atoms with van der Waals surface area (Å²) in [4.78, 5) is 20.9. The minimum Gasteiger partial charge on any atom is -0.512 e. The number of benzene rings is 5. The van der Waals surface area contributed by atoms with Crippen molar-refractivity contribution in [3.8, 4) is 22.5 Å². The second-order valence-corrected chi connectivity index (χ2v) is 15.0. The molecule has 6 heteroatoms. The number of nitrogens with zero attached hydrogens (tertiary/aromatic N) is 2. The summed E-state index contributed by atoms with van der Waals surface area (Å²) in [5, 5.41) is 15.8. The minimum atomic E-state index is -0.194. The third-order valence-electron chi connectivity index (χ3n) is 10.6. The number of carbonyl (C=O) groups excluding carboxylic acids is 1. The van der Waals surface area contributed by atoms with Gasteiger partial charge in [-0.05, 0) is 88.6 Å². The fraction of sp³-hybridized carbons (Fsp3) is 0.288. The van der Waals surface area contributed by atoms with Crippen molar-refractivity contribution in [1.82, 2.24) is 9.97 Å². The molecule has 58 heavy (non-hydrogen) atoms. The van der Waals surface area contributed by atoms with E-state index >= 15 is 0 Å². The molecule has 4 nitrogen and oxygen atoms in total. The Kier molecular flexibility index (Phi) is 16.6. The normalized spacial score (nSPS) is 11.3. The number of halogens is 1. The average Bonchev–Trinajstić information content (AvgIpc) is 3.18. The number of ketones is 1. The number of rotatable bonds is 9. The van der Waals surface area contributed by atoms with E-state index in [-0.39, 0.29) is 49.3 Å². The van der Waals surface area contributed by atoms with Gasteiger partial charge >= 0.3 is 0 Å². The van der Waals surface area contributed by atoms with E-state index in [1.54, 1.807) is 12.3 Å². The molecule has 7 rings (SSSR count). The molecule has 0 saturated heterocycles. The summed E-state index contributed by atoms with van der Waals surface area (Å²) in [5.74, 6) is 0.354. The Morgan fingerprint density at radius 1 is 0.638 bits per heavy atom. The van der Waals surface area contributed by atoms with Crippen molar-refractivity contribution < 1.29 is 34.4 Å². The smallest absolute Gasteiger partial charge is 0.162 e. The van der Waals surface area contributed by atoms with Gasteiger partial charge in [-0.3, -0.25) is 4.79 Å². The van der Waals surface area contributed by atoms with Gasteiger partial charge in [-0.15, -0.1) is 69.8 Å². The van der Waals surface area contributed by atoms with Crippen LogP contribution in [0.1, 0.15) is 81.2 Å². The van der Waals surface area contributed by atoms with Crippen LogP contribution in [-0.4, -0.2) is 20.9 Å². The third-order valence-corrected chi connectivity index (χ3v) is 10.6. The summed E-state index contributed by atoms with van der Waals surface area (Å²) < 4.78 is 14.0. The summed E-state index contributed by atoms with van der Waals surface area (Å²) in [5.41, 5.74) is 9.85. The number of hydrogen-bond acceptors (Lipinski definition) is 4. The van der Waals surface area contributed by atoms with Gasteiger partial charge in [0.2, 0.25) is 0 Å². The summed E-state index contributed by atoms with van der Waals surface area (Å²) >= 11 is 0. The van der Waals surface area contributed by atoms with Crippen LogP contribution in [0.3, 0.4) is 0 Å². The number of aliphatic hydroxyl groups excluding tert-OH is 1. The van der Waals surface area contributed by atoms with Crippen molar-refractivity contribution in [3.05, 3.63) is 155 Å². The number of allylic oxidation sites excluding steroid dienone is 2. The molecule has 0 aliphatic carbocycles. The van der Waals surface area contributed by atoms with E-state index < -0.39 is 0 Å². The second-order valence-electron chi connectivity index (χ2n) is 15.0. The molecule has 303 valence electrons. The molecule has 7 aromatic rings. The van der Waals surface area contributed by atoms with Gasteiger partial charge in [-0.1, -0.05) is 104 Å². The largest absolute Gasteiger partial charge is 0.512 e. The fourth-order valence-corrected chi connectivity index (χ4v) is 7.57. The second kappa shape index (κ2) is 21.1. The molecule has 0 atom stereocenters. The number of pyridine rings is 2. The van der Waals surface area contributed by atoms with Crippen LogP contribution in [0.4, 0.5) is 4.39 Å². The van der Waals surface area contributed by atoms with Gasteiger partial charge in [0, 0.05) is 55.8 Å². The van der Waals surface area contributed by atoms with Crippen molar-refractivity contribution >= 4 is 38.1 Å².